The molecule has 7 nitrogen and oxygen atoms in total. The van der Waals surface area contributed by atoms with Crippen molar-refractivity contribution in [2.45, 2.75) is 38.4 Å². The predicted molar refractivity (Wildman–Crippen MR) is 122 cm³/mol. The van der Waals surface area contributed by atoms with Crippen molar-refractivity contribution in [1.82, 2.24) is 20.0 Å². The van der Waals surface area contributed by atoms with Gasteiger partial charge in [0.05, 0.1) is 6.54 Å². The molecule has 1 N–H and O–H groups in total. The number of halogens is 1. The Balaban J connectivity index is 1.42. The van der Waals surface area contributed by atoms with Crippen molar-refractivity contribution in [3.05, 3.63) is 64.1 Å². The normalized spacial score (nSPS) is 26.3. The summed E-state index contributed by atoms with van der Waals surface area (Å²) >= 11 is 3.43. The quantitative estimate of drug-likeness (QED) is 0.726. The van der Waals surface area contributed by atoms with Crippen LogP contribution < -0.4 is 10.2 Å². The van der Waals surface area contributed by atoms with E-state index in [0.29, 0.717) is 0 Å². The van der Waals surface area contributed by atoms with Gasteiger partial charge in [-0.2, -0.15) is 0 Å². The standard InChI is InChI=1S/C23H26BrN5O2/c1-15-4-10-18(11-5-15)27-12-3-13-28-19-20(25-22(27)28)26(2)23(31)29(21(19)30)14-16-6-8-17(24)9-7-16/h4-11,19-20,22,25H,3,12-14H2,1-2H3. The highest BCUT2D eigenvalue weighted by Crippen LogP contribution is 2.33. The van der Waals surface area contributed by atoms with Crippen LogP contribution in [0.25, 0.3) is 0 Å². The lowest BCUT2D eigenvalue weighted by Crippen LogP contribution is -2.66. The molecule has 8 heteroatoms. The molecule has 0 aliphatic carbocycles. The first-order valence-electron chi connectivity index (χ1n) is 10.6. The van der Waals surface area contributed by atoms with Gasteiger partial charge in [0, 0.05) is 30.3 Å². The van der Waals surface area contributed by atoms with Gasteiger partial charge in [-0.05, 0) is 43.2 Å². The highest BCUT2D eigenvalue weighted by molar-refractivity contribution is 9.10. The van der Waals surface area contributed by atoms with Crippen LogP contribution in [0.5, 0.6) is 0 Å². The molecule has 0 bridgehead atoms. The second kappa shape index (κ2) is 7.93. The third-order valence-corrected chi connectivity index (χ3v) is 7.02. The van der Waals surface area contributed by atoms with E-state index in [1.807, 2.05) is 24.3 Å². The number of aryl methyl sites for hydroxylation is 1. The number of likely N-dealkylation sites (N-methyl/N-ethyl adjacent to an activating group) is 1. The molecule has 2 aromatic rings. The van der Waals surface area contributed by atoms with E-state index >= 15 is 0 Å². The number of urea groups is 1. The van der Waals surface area contributed by atoms with Gasteiger partial charge in [-0.15, -0.1) is 0 Å². The number of nitrogens with one attached hydrogen (secondary N) is 1. The second-order valence-corrected chi connectivity index (χ2v) is 9.41. The fourth-order valence-electron chi connectivity index (χ4n) is 4.84. The second-order valence-electron chi connectivity index (χ2n) is 8.49. The zero-order valence-electron chi connectivity index (χ0n) is 17.7. The molecule has 162 valence electrons. The molecular formula is C23H26BrN5O2. The SMILES string of the molecule is Cc1ccc(N2CCCN3C4C(=O)N(Cc5ccc(Br)cc5)C(=O)N(C)C4NC23)cc1. The minimum atomic E-state index is -0.392. The van der Waals surface area contributed by atoms with Crippen molar-refractivity contribution >= 4 is 33.6 Å². The van der Waals surface area contributed by atoms with E-state index in [4.69, 9.17) is 0 Å². The number of nitrogens with zero attached hydrogens (tertiary/aromatic N) is 4. The molecule has 3 heterocycles. The highest BCUT2D eigenvalue weighted by atomic mass is 79.9. The van der Waals surface area contributed by atoms with E-state index in [0.717, 1.165) is 35.2 Å². The molecule has 3 amide bonds. The first-order chi connectivity index (χ1) is 14.9. The Morgan fingerprint density at radius 2 is 1.74 bits per heavy atom. The smallest absolute Gasteiger partial charge is 0.328 e. The van der Waals surface area contributed by atoms with Crippen LogP contribution in [0.15, 0.2) is 53.0 Å². The van der Waals surface area contributed by atoms with Crippen LogP contribution in [0.3, 0.4) is 0 Å². The van der Waals surface area contributed by atoms with Crippen molar-refractivity contribution in [1.29, 1.82) is 0 Å². The fourth-order valence-corrected chi connectivity index (χ4v) is 5.10. The predicted octanol–water partition coefficient (Wildman–Crippen LogP) is 2.95. The molecular weight excluding hydrogens is 458 g/mol. The van der Waals surface area contributed by atoms with Gasteiger partial charge in [-0.3, -0.25) is 19.9 Å². The van der Waals surface area contributed by atoms with Crippen LogP contribution in [0, 0.1) is 6.92 Å². The van der Waals surface area contributed by atoms with Gasteiger partial charge in [0.15, 0.2) is 0 Å². The minimum absolute atomic E-state index is 0.113. The van der Waals surface area contributed by atoms with Crippen LogP contribution in [-0.2, 0) is 11.3 Å². The molecule has 0 spiro atoms. The summed E-state index contributed by atoms with van der Waals surface area (Å²) in [7, 11) is 1.78. The van der Waals surface area contributed by atoms with E-state index in [9.17, 15) is 9.59 Å². The minimum Gasteiger partial charge on any atom is -0.343 e. The summed E-state index contributed by atoms with van der Waals surface area (Å²) in [6, 6.07) is 15.5. The number of anilines is 1. The lowest BCUT2D eigenvalue weighted by Gasteiger charge is -2.44. The Bertz CT molecular complexity index is 996. The maximum absolute atomic E-state index is 13.5. The lowest BCUT2D eigenvalue weighted by molar-refractivity contribution is -0.139. The Hall–Kier alpha value is -2.42. The zero-order valence-corrected chi connectivity index (χ0v) is 19.2. The number of carbonyl (C=O) groups is 2. The number of hydrogen-bond donors (Lipinski definition) is 1. The molecule has 0 aromatic heterocycles. The summed E-state index contributed by atoms with van der Waals surface area (Å²) in [6.07, 6.45) is 0.517. The van der Waals surface area contributed by atoms with Gasteiger partial charge in [0.25, 0.3) is 5.91 Å². The first kappa shape index (κ1) is 20.5. The maximum atomic E-state index is 13.5. The molecule has 3 unspecified atom stereocenters. The first-order valence-corrected chi connectivity index (χ1v) is 11.4. The molecule has 3 atom stereocenters. The number of hydrogen-bond acceptors (Lipinski definition) is 5. The molecule has 3 aliphatic rings. The van der Waals surface area contributed by atoms with Gasteiger partial charge < -0.3 is 9.80 Å². The summed E-state index contributed by atoms with van der Waals surface area (Å²) < 4.78 is 0.970. The van der Waals surface area contributed by atoms with Crippen LogP contribution in [0.2, 0.25) is 0 Å². The molecule has 31 heavy (non-hydrogen) atoms. The van der Waals surface area contributed by atoms with Crippen LogP contribution in [0.1, 0.15) is 17.5 Å². The Kier molecular flexibility index (Phi) is 5.24. The summed E-state index contributed by atoms with van der Waals surface area (Å²) in [5, 5.41) is 3.56. The van der Waals surface area contributed by atoms with Gasteiger partial charge in [0.1, 0.15) is 18.5 Å². The summed E-state index contributed by atoms with van der Waals surface area (Å²) in [4.78, 5) is 34.2. The Morgan fingerprint density at radius 3 is 2.45 bits per heavy atom. The molecule has 3 saturated heterocycles. The number of rotatable bonds is 3. The Labute approximate surface area is 190 Å². The van der Waals surface area contributed by atoms with Crippen LogP contribution >= 0.6 is 15.9 Å². The topological polar surface area (TPSA) is 59.1 Å². The van der Waals surface area contributed by atoms with Gasteiger partial charge in [0.2, 0.25) is 0 Å². The summed E-state index contributed by atoms with van der Waals surface area (Å²) in [5.41, 5.74) is 3.27. The zero-order chi connectivity index (χ0) is 21.7. The molecule has 2 aromatic carbocycles. The third kappa shape index (κ3) is 3.52. The average Bonchev–Trinajstić information content (AvgIpc) is 3.17. The van der Waals surface area contributed by atoms with Gasteiger partial charge >= 0.3 is 6.03 Å². The van der Waals surface area contributed by atoms with Crippen molar-refractivity contribution < 1.29 is 9.59 Å². The molecule has 3 aliphatic heterocycles. The monoisotopic (exact) mass is 483 g/mol. The van der Waals surface area contributed by atoms with E-state index in [1.165, 1.54) is 10.5 Å². The lowest BCUT2D eigenvalue weighted by atomic mass is 10.1. The number of benzene rings is 2. The van der Waals surface area contributed by atoms with Crippen molar-refractivity contribution in [2.24, 2.45) is 0 Å². The van der Waals surface area contributed by atoms with E-state index in [1.54, 1.807) is 11.9 Å². The maximum Gasteiger partial charge on any atom is 0.328 e. The van der Waals surface area contributed by atoms with Crippen molar-refractivity contribution in [3.63, 3.8) is 0 Å². The largest absolute Gasteiger partial charge is 0.343 e. The van der Waals surface area contributed by atoms with Crippen LogP contribution in [-0.4, -0.2) is 65.3 Å². The van der Waals surface area contributed by atoms with Gasteiger partial charge in [-0.25, -0.2) is 4.79 Å². The third-order valence-electron chi connectivity index (χ3n) is 6.49. The van der Waals surface area contributed by atoms with E-state index in [-0.39, 0.29) is 30.9 Å². The van der Waals surface area contributed by atoms with Crippen molar-refractivity contribution in [3.8, 4) is 0 Å². The molecule has 5 rings (SSSR count). The number of carbonyl (C=O) groups excluding carboxylic acids is 2. The van der Waals surface area contributed by atoms with Gasteiger partial charge in [-0.1, -0.05) is 45.8 Å². The number of fused-ring (bicyclic) bond motifs is 3. The van der Waals surface area contributed by atoms with Crippen LogP contribution in [0.4, 0.5) is 10.5 Å². The molecule has 0 radical (unpaired) electrons. The summed E-state index contributed by atoms with van der Waals surface area (Å²) in [5.74, 6) is -0.128. The Morgan fingerprint density at radius 1 is 1.03 bits per heavy atom. The molecule has 0 saturated carbocycles. The summed E-state index contributed by atoms with van der Waals surface area (Å²) in [6.45, 7) is 4.08. The molecule has 3 fully saturated rings. The number of amides is 3. The number of imide groups is 1. The highest BCUT2D eigenvalue weighted by Gasteiger charge is 2.56. The average molecular weight is 484 g/mol. The fraction of sp³-hybridized carbons (Fsp3) is 0.391. The van der Waals surface area contributed by atoms with E-state index in [2.05, 4.69) is 62.2 Å². The van der Waals surface area contributed by atoms with E-state index < -0.39 is 6.04 Å². The van der Waals surface area contributed by atoms with Crippen molar-refractivity contribution in [2.75, 3.05) is 25.0 Å².